The average Bonchev–Trinajstić information content (AvgIpc) is 3.58. The van der Waals surface area contributed by atoms with Crippen molar-refractivity contribution in [1.29, 1.82) is 0 Å². The number of aromatic amines is 1. The molecule has 5 rings (SSSR count). The van der Waals surface area contributed by atoms with Crippen molar-refractivity contribution < 1.29 is 18.4 Å². The van der Waals surface area contributed by atoms with E-state index >= 15 is 0 Å². The summed E-state index contributed by atoms with van der Waals surface area (Å²) in [5.41, 5.74) is 2.16. The molecule has 0 bridgehead atoms. The van der Waals surface area contributed by atoms with Gasteiger partial charge in [0.1, 0.15) is 17.3 Å². The van der Waals surface area contributed by atoms with E-state index in [2.05, 4.69) is 57.1 Å². The van der Waals surface area contributed by atoms with Crippen molar-refractivity contribution in [2.45, 2.75) is 59.0 Å². The Balaban J connectivity index is 1.36. The van der Waals surface area contributed by atoms with Gasteiger partial charge >= 0.3 is 0 Å². The van der Waals surface area contributed by atoms with E-state index in [0.29, 0.717) is 11.5 Å². The molecule has 2 heterocycles. The zero-order valence-corrected chi connectivity index (χ0v) is 23.1. The van der Waals surface area contributed by atoms with Crippen LogP contribution in [0.25, 0.3) is 11.3 Å². The van der Waals surface area contributed by atoms with Crippen LogP contribution < -0.4 is 10.6 Å². The predicted octanol–water partition coefficient (Wildman–Crippen LogP) is 4.98. The second kappa shape index (κ2) is 11.6. The summed E-state index contributed by atoms with van der Waals surface area (Å²) in [7, 11) is 0. The lowest BCUT2D eigenvalue weighted by Crippen LogP contribution is -2.40. The summed E-state index contributed by atoms with van der Waals surface area (Å²) in [5.74, 6) is -1.51. The first-order valence-corrected chi connectivity index (χ1v) is 13.5. The van der Waals surface area contributed by atoms with Crippen LogP contribution in [0, 0.1) is 23.0 Å². The number of nitrogens with one attached hydrogen (secondary N) is 3. The van der Waals surface area contributed by atoms with Crippen LogP contribution >= 0.6 is 0 Å². The Morgan fingerprint density at radius 3 is 2.27 bits per heavy atom. The van der Waals surface area contributed by atoms with E-state index in [4.69, 9.17) is 0 Å². The second-order valence-corrected chi connectivity index (χ2v) is 11.5. The second-order valence-electron chi connectivity index (χ2n) is 11.5. The summed E-state index contributed by atoms with van der Waals surface area (Å²) < 4.78 is 29.5. The molecule has 41 heavy (non-hydrogen) atoms. The monoisotopic (exact) mass is 562 g/mol. The molecule has 0 aliphatic heterocycles. The zero-order valence-electron chi connectivity index (χ0n) is 23.1. The summed E-state index contributed by atoms with van der Waals surface area (Å²) >= 11 is 0. The Labute approximate surface area is 235 Å². The number of H-pyrrole nitrogens is 1. The Bertz CT molecular complexity index is 1500. The van der Waals surface area contributed by atoms with Gasteiger partial charge in [0.2, 0.25) is 0 Å². The number of tetrazole rings is 1. The van der Waals surface area contributed by atoms with Crippen molar-refractivity contribution in [2.24, 2.45) is 11.3 Å². The van der Waals surface area contributed by atoms with Crippen LogP contribution in [0.15, 0.2) is 48.5 Å². The fraction of sp³-hybridized carbons (Fsp3) is 0.379. The molecule has 2 aromatic heterocycles. The van der Waals surface area contributed by atoms with Gasteiger partial charge in [-0.25, -0.2) is 8.78 Å². The maximum Gasteiger partial charge on any atom is 0.270 e. The molecule has 214 valence electrons. The molecule has 1 aliphatic rings. The Kier molecular flexibility index (Phi) is 7.91. The first-order valence-electron chi connectivity index (χ1n) is 13.5. The van der Waals surface area contributed by atoms with Crippen molar-refractivity contribution in [3.63, 3.8) is 0 Å². The van der Waals surface area contributed by atoms with E-state index < -0.39 is 17.5 Å². The van der Waals surface area contributed by atoms with Gasteiger partial charge in [-0.3, -0.25) is 19.6 Å². The minimum atomic E-state index is -0.731. The van der Waals surface area contributed by atoms with E-state index in [0.717, 1.165) is 37.3 Å². The van der Waals surface area contributed by atoms with Gasteiger partial charge < -0.3 is 5.32 Å². The van der Waals surface area contributed by atoms with Gasteiger partial charge in [0.25, 0.3) is 17.8 Å². The lowest BCUT2D eigenvalue weighted by atomic mass is 9.71. The van der Waals surface area contributed by atoms with Crippen LogP contribution in [0.4, 0.5) is 14.7 Å². The molecule has 1 fully saturated rings. The average molecular weight is 563 g/mol. The normalized spacial score (nSPS) is 17.3. The third kappa shape index (κ3) is 6.82. The van der Waals surface area contributed by atoms with Gasteiger partial charge in [0.05, 0.1) is 12.2 Å². The largest absolute Gasteiger partial charge is 0.348 e. The number of halogens is 2. The molecule has 0 saturated heterocycles. The van der Waals surface area contributed by atoms with Gasteiger partial charge in [0, 0.05) is 23.2 Å². The minimum Gasteiger partial charge on any atom is -0.348 e. The number of amides is 2. The number of carbonyl (C=O) groups excluding carboxylic acids is 2. The molecule has 0 unspecified atom stereocenters. The topological polar surface area (TPSA) is 130 Å². The van der Waals surface area contributed by atoms with Crippen LogP contribution in [0.2, 0.25) is 0 Å². The number of hydrogen-bond donors (Lipinski definition) is 3. The predicted molar refractivity (Wildman–Crippen MR) is 148 cm³/mol. The number of anilines is 1. The quantitative estimate of drug-likeness (QED) is 0.291. The summed E-state index contributed by atoms with van der Waals surface area (Å²) in [5, 5.41) is 23.3. The number of benzene rings is 2. The van der Waals surface area contributed by atoms with Crippen LogP contribution in [0.3, 0.4) is 0 Å². The van der Waals surface area contributed by atoms with E-state index in [1.165, 1.54) is 16.8 Å². The molecule has 3 N–H and O–H groups in total. The Morgan fingerprint density at radius 2 is 1.66 bits per heavy atom. The van der Waals surface area contributed by atoms with Gasteiger partial charge in [-0.1, -0.05) is 38.0 Å². The van der Waals surface area contributed by atoms with Gasteiger partial charge in [-0.15, -0.1) is 5.10 Å². The lowest BCUT2D eigenvalue weighted by Gasteiger charge is -2.37. The van der Waals surface area contributed by atoms with Gasteiger partial charge in [-0.05, 0) is 78.1 Å². The van der Waals surface area contributed by atoms with Crippen molar-refractivity contribution >= 4 is 17.8 Å². The summed E-state index contributed by atoms with van der Waals surface area (Å²) in [4.78, 5) is 25.9. The number of rotatable bonds is 7. The molecule has 10 nitrogen and oxygen atoms in total. The van der Waals surface area contributed by atoms with E-state index in [9.17, 15) is 18.4 Å². The minimum absolute atomic E-state index is 0.0384. The van der Waals surface area contributed by atoms with Crippen LogP contribution in [0.5, 0.6) is 0 Å². The highest BCUT2D eigenvalue weighted by atomic mass is 19.1. The number of hydrogen-bond acceptors (Lipinski definition) is 6. The summed E-state index contributed by atoms with van der Waals surface area (Å²) in [6.07, 6.45) is 3.84. The van der Waals surface area contributed by atoms with E-state index in [1.807, 2.05) is 0 Å². The summed E-state index contributed by atoms with van der Waals surface area (Å²) in [6.45, 7) is 6.94. The fourth-order valence-electron chi connectivity index (χ4n) is 5.25. The molecule has 1 aliphatic carbocycles. The molecule has 12 heteroatoms. The van der Waals surface area contributed by atoms with Crippen molar-refractivity contribution in [3.8, 4) is 11.3 Å². The van der Waals surface area contributed by atoms with Gasteiger partial charge in [0.15, 0.2) is 0 Å². The Morgan fingerprint density at radius 1 is 0.976 bits per heavy atom. The third-order valence-electron chi connectivity index (χ3n) is 7.58. The van der Waals surface area contributed by atoms with Crippen molar-refractivity contribution in [3.05, 3.63) is 77.0 Å². The first kappa shape index (κ1) is 28.1. The summed E-state index contributed by atoms with van der Waals surface area (Å²) in [6, 6.07) is 11.5. The zero-order chi connectivity index (χ0) is 29.1. The van der Waals surface area contributed by atoms with Crippen molar-refractivity contribution in [1.82, 2.24) is 35.7 Å². The molecule has 1 saturated carbocycles. The molecule has 4 aromatic rings. The molecule has 0 radical (unpaired) electrons. The van der Waals surface area contributed by atoms with E-state index in [-0.39, 0.29) is 46.8 Å². The molecule has 0 atom stereocenters. The molecule has 0 spiro atoms. The highest BCUT2D eigenvalue weighted by Crippen LogP contribution is 2.37. The fourth-order valence-corrected chi connectivity index (χ4v) is 5.25. The number of nitrogens with zero attached hydrogens (tertiary/aromatic N) is 5. The van der Waals surface area contributed by atoms with Crippen LogP contribution in [-0.2, 0) is 6.54 Å². The SMILES string of the molecule is CC(C)(C)C1CCC(NC(=O)c2cc(-c3cc(F)cc(F)c3)nn2Cc2ccc(C(=O)Nc3nn[nH]n3)cc2)CC1. The molecule has 2 amide bonds. The Hall–Kier alpha value is -4.48. The third-order valence-corrected chi connectivity index (χ3v) is 7.58. The first-order chi connectivity index (χ1) is 19.5. The van der Waals surface area contributed by atoms with Crippen LogP contribution in [0.1, 0.15) is 72.9 Å². The number of aromatic nitrogens is 6. The molecular formula is C29H32F2N8O2. The number of carbonyl (C=O) groups is 2. The maximum atomic E-state index is 14.0. The van der Waals surface area contributed by atoms with Crippen molar-refractivity contribution in [2.75, 3.05) is 5.32 Å². The maximum absolute atomic E-state index is 14.0. The lowest BCUT2D eigenvalue weighted by molar-refractivity contribution is 0.0893. The van der Waals surface area contributed by atoms with Gasteiger partial charge in [-0.2, -0.15) is 10.3 Å². The van der Waals surface area contributed by atoms with E-state index in [1.54, 1.807) is 30.3 Å². The van der Waals surface area contributed by atoms with Crippen LogP contribution in [-0.4, -0.2) is 48.3 Å². The smallest absolute Gasteiger partial charge is 0.270 e. The molecular weight excluding hydrogens is 530 g/mol. The standard InChI is InChI=1S/C29H32F2N8O2/c1-29(2,3)20-8-10-23(11-9-20)32-27(41)25-15-24(19-12-21(30)14-22(31)13-19)36-39(25)16-17-4-6-18(7-5-17)26(40)33-28-34-37-38-35-28/h4-7,12-15,20,23H,8-11,16H2,1-3H3,(H,32,41)(H2,33,34,35,37,38,40). The highest BCUT2D eigenvalue weighted by Gasteiger charge is 2.31. The molecule has 2 aromatic carbocycles. The highest BCUT2D eigenvalue weighted by molar-refractivity contribution is 6.03.